The van der Waals surface area contributed by atoms with Gasteiger partial charge in [0.1, 0.15) is 0 Å². The van der Waals surface area contributed by atoms with Crippen molar-refractivity contribution in [2.24, 2.45) is 0 Å². The topological polar surface area (TPSA) is 58.2 Å². The van der Waals surface area contributed by atoms with E-state index >= 15 is 0 Å². The molecular formula is C13H20N2O2S. The van der Waals surface area contributed by atoms with Crippen LogP contribution in [0.2, 0.25) is 0 Å². The molecule has 0 saturated carbocycles. The number of sulfonamides is 1. The summed E-state index contributed by atoms with van der Waals surface area (Å²) in [6, 6.07) is 7.95. The number of benzene rings is 1. The summed E-state index contributed by atoms with van der Waals surface area (Å²) in [7, 11) is -3.20. The Morgan fingerprint density at radius 3 is 2.67 bits per heavy atom. The Balaban J connectivity index is 2.02. The lowest BCUT2D eigenvalue weighted by molar-refractivity contribution is 0.567. The molecule has 5 heteroatoms. The van der Waals surface area contributed by atoms with Gasteiger partial charge in [-0.1, -0.05) is 31.2 Å². The molecule has 0 aliphatic carbocycles. The number of nitrogens with one attached hydrogen (secondary N) is 2. The molecule has 0 amide bonds. The average molecular weight is 268 g/mol. The second-order valence-electron chi connectivity index (χ2n) is 4.60. The lowest BCUT2D eigenvalue weighted by Crippen LogP contribution is -2.35. The van der Waals surface area contributed by atoms with Gasteiger partial charge in [0, 0.05) is 13.1 Å². The molecule has 18 heavy (non-hydrogen) atoms. The summed E-state index contributed by atoms with van der Waals surface area (Å²) in [5.41, 5.74) is 2.26. The van der Waals surface area contributed by atoms with Crippen LogP contribution in [0.3, 0.4) is 0 Å². The minimum absolute atomic E-state index is 0.286. The van der Waals surface area contributed by atoms with E-state index in [2.05, 4.69) is 17.0 Å². The summed E-state index contributed by atoms with van der Waals surface area (Å²) >= 11 is 0. The highest BCUT2D eigenvalue weighted by Crippen LogP contribution is 2.12. The van der Waals surface area contributed by atoms with Crippen molar-refractivity contribution in [1.29, 1.82) is 0 Å². The van der Waals surface area contributed by atoms with Crippen molar-refractivity contribution >= 4 is 10.0 Å². The van der Waals surface area contributed by atoms with Crippen molar-refractivity contribution in [3.05, 3.63) is 35.4 Å². The first-order chi connectivity index (χ1) is 8.63. The fraction of sp³-hybridized carbons (Fsp3) is 0.538. The van der Waals surface area contributed by atoms with Gasteiger partial charge in [0.05, 0.1) is 5.25 Å². The predicted molar refractivity (Wildman–Crippen MR) is 72.9 cm³/mol. The highest BCUT2D eigenvalue weighted by Gasteiger charge is 2.28. The predicted octanol–water partition coefficient (Wildman–Crippen LogP) is 1.03. The van der Waals surface area contributed by atoms with E-state index in [4.69, 9.17) is 0 Å². The van der Waals surface area contributed by atoms with Gasteiger partial charge >= 0.3 is 0 Å². The van der Waals surface area contributed by atoms with Crippen LogP contribution in [0.1, 0.15) is 24.5 Å². The second kappa shape index (κ2) is 5.82. The number of hydrogen-bond donors (Lipinski definition) is 2. The zero-order valence-corrected chi connectivity index (χ0v) is 11.5. The third-order valence-electron chi connectivity index (χ3n) is 3.42. The second-order valence-corrected chi connectivity index (χ2v) is 6.65. The molecule has 0 bridgehead atoms. The third kappa shape index (κ3) is 3.10. The Morgan fingerprint density at radius 2 is 2.06 bits per heavy atom. The van der Waals surface area contributed by atoms with Crippen LogP contribution in [0.25, 0.3) is 0 Å². The maximum absolute atomic E-state index is 12.1. The van der Waals surface area contributed by atoms with Gasteiger partial charge in [-0.05, 0) is 30.5 Å². The smallest absolute Gasteiger partial charge is 0.216 e. The molecule has 1 aromatic rings. The lowest BCUT2D eigenvalue weighted by Gasteiger charge is -2.13. The van der Waals surface area contributed by atoms with Crippen LogP contribution in [0, 0.1) is 0 Å². The molecule has 0 spiro atoms. The SMILES string of the molecule is CCc1ccccc1CNS(=O)(=O)C1CCNC1. The Morgan fingerprint density at radius 1 is 1.33 bits per heavy atom. The number of rotatable bonds is 5. The first kappa shape index (κ1) is 13.5. The van der Waals surface area contributed by atoms with Gasteiger partial charge < -0.3 is 5.32 Å². The Hall–Kier alpha value is -0.910. The summed E-state index contributed by atoms with van der Waals surface area (Å²) in [5.74, 6) is 0. The first-order valence-electron chi connectivity index (χ1n) is 6.39. The molecule has 100 valence electrons. The zero-order chi connectivity index (χ0) is 13.0. The maximum Gasteiger partial charge on any atom is 0.216 e. The van der Waals surface area contributed by atoms with Crippen LogP contribution in [0.5, 0.6) is 0 Å². The fourth-order valence-electron chi connectivity index (χ4n) is 2.26. The minimum atomic E-state index is -3.20. The highest BCUT2D eigenvalue weighted by molar-refractivity contribution is 7.90. The van der Waals surface area contributed by atoms with Crippen molar-refractivity contribution in [1.82, 2.24) is 10.0 Å². The van der Waals surface area contributed by atoms with Crippen LogP contribution in [-0.4, -0.2) is 26.8 Å². The van der Waals surface area contributed by atoms with Crippen LogP contribution in [0.4, 0.5) is 0 Å². The van der Waals surface area contributed by atoms with Crippen LogP contribution >= 0.6 is 0 Å². The largest absolute Gasteiger partial charge is 0.315 e. The molecule has 4 nitrogen and oxygen atoms in total. The normalized spacial score (nSPS) is 20.2. The quantitative estimate of drug-likeness (QED) is 0.838. The van der Waals surface area contributed by atoms with Crippen molar-refractivity contribution in [2.75, 3.05) is 13.1 Å². The van der Waals surface area contributed by atoms with Crippen molar-refractivity contribution in [3.8, 4) is 0 Å². The van der Waals surface area contributed by atoms with E-state index in [0.29, 0.717) is 19.5 Å². The molecule has 0 radical (unpaired) electrons. The van der Waals surface area contributed by atoms with Crippen molar-refractivity contribution < 1.29 is 8.42 Å². The van der Waals surface area contributed by atoms with E-state index in [-0.39, 0.29) is 5.25 Å². The molecule has 1 heterocycles. The summed E-state index contributed by atoms with van der Waals surface area (Å²) < 4.78 is 26.8. The molecule has 1 saturated heterocycles. The first-order valence-corrected chi connectivity index (χ1v) is 7.94. The molecule has 1 aliphatic heterocycles. The average Bonchev–Trinajstić information content (AvgIpc) is 2.91. The summed E-state index contributed by atoms with van der Waals surface area (Å²) in [6.07, 6.45) is 1.62. The molecule has 1 aliphatic rings. The van der Waals surface area contributed by atoms with E-state index in [0.717, 1.165) is 18.5 Å². The van der Waals surface area contributed by atoms with Gasteiger partial charge in [-0.25, -0.2) is 13.1 Å². The van der Waals surface area contributed by atoms with Gasteiger partial charge in [0.2, 0.25) is 10.0 Å². The van der Waals surface area contributed by atoms with Gasteiger partial charge in [-0.15, -0.1) is 0 Å². The molecule has 1 atom stereocenters. The third-order valence-corrected chi connectivity index (χ3v) is 5.24. The van der Waals surface area contributed by atoms with E-state index in [9.17, 15) is 8.42 Å². The highest BCUT2D eigenvalue weighted by atomic mass is 32.2. The van der Waals surface area contributed by atoms with Crippen LogP contribution in [0.15, 0.2) is 24.3 Å². The van der Waals surface area contributed by atoms with E-state index in [1.807, 2.05) is 24.3 Å². The van der Waals surface area contributed by atoms with Crippen molar-refractivity contribution in [3.63, 3.8) is 0 Å². The Kier molecular flexibility index (Phi) is 4.37. The fourth-order valence-corrected chi connectivity index (χ4v) is 3.62. The van der Waals surface area contributed by atoms with Crippen LogP contribution < -0.4 is 10.0 Å². The Bertz CT molecular complexity index is 493. The molecule has 0 aromatic heterocycles. The molecule has 1 unspecified atom stereocenters. The summed E-state index contributed by atoms with van der Waals surface area (Å²) in [6.45, 7) is 3.82. The molecule has 2 rings (SSSR count). The van der Waals surface area contributed by atoms with Gasteiger partial charge in [-0.3, -0.25) is 0 Å². The lowest BCUT2D eigenvalue weighted by atomic mass is 10.1. The van der Waals surface area contributed by atoms with E-state index < -0.39 is 10.0 Å². The standard InChI is InChI=1S/C13H20N2O2S/c1-2-11-5-3-4-6-12(11)9-15-18(16,17)13-7-8-14-10-13/h3-6,13-15H,2,7-10H2,1H3. The maximum atomic E-state index is 12.1. The summed E-state index contributed by atoms with van der Waals surface area (Å²) in [5, 5.41) is 2.79. The van der Waals surface area contributed by atoms with Crippen molar-refractivity contribution in [2.45, 2.75) is 31.6 Å². The van der Waals surface area contributed by atoms with Gasteiger partial charge in [-0.2, -0.15) is 0 Å². The number of hydrogen-bond acceptors (Lipinski definition) is 3. The van der Waals surface area contributed by atoms with Gasteiger partial charge in [0.25, 0.3) is 0 Å². The molecule has 2 N–H and O–H groups in total. The van der Waals surface area contributed by atoms with E-state index in [1.54, 1.807) is 0 Å². The zero-order valence-electron chi connectivity index (χ0n) is 10.6. The minimum Gasteiger partial charge on any atom is -0.315 e. The summed E-state index contributed by atoms with van der Waals surface area (Å²) in [4.78, 5) is 0. The molecule has 1 fully saturated rings. The number of aryl methyl sites for hydroxylation is 1. The monoisotopic (exact) mass is 268 g/mol. The molecular weight excluding hydrogens is 248 g/mol. The Labute approximate surface area is 109 Å². The van der Waals surface area contributed by atoms with E-state index in [1.165, 1.54) is 5.56 Å². The van der Waals surface area contributed by atoms with Crippen LogP contribution in [-0.2, 0) is 23.0 Å². The van der Waals surface area contributed by atoms with Gasteiger partial charge in [0.15, 0.2) is 0 Å². The molecule has 1 aromatic carbocycles.